The molecule has 43 nitrogen and oxygen atoms in total. The van der Waals surface area contributed by atoms with Crippen LogP contribution in [0.5, 0.6) is 0 Å². The molecule has 0 spiro atoms. The standard InChI is InChI=1S/C51H50N28O15/c1-2-22-3-5-23(6-4-22)7-94-51-36-76-18-72-33-32-68(45(72)88)14-64-29-28-60(41(64)84)10-56-25-24-52(37(56)80)8-54-26-27-58(39(54)82)12-62-30-31-66(43(62)86)16-70-34-35(74(47(70)90)20-78(51)49(76)92)75-21-79(51)50(93)77(36)19-73(33)46(89)69(32)15-65(29)42(85)61(28)11-57(25)38(81)53(24)9-55(26)40(83)59(27)13-63(30)44(87)67(31)17-71(34)48(75)91/h2-6,24-36H,1,7-21H2. The number of carbonyl (C=O) groups excluding carboxylic acids is 14. The van der Waals surface area contributed by atoms with Crippen molar-refractivity contribution in [3.05, 3.63) is 42.0 Å². The summed E-state index contributed by atoms with van der Waals surface area (Å²) >= 11 is 0. The summed E-state index contributed by atoms with van der Waals surface area (Å²) in [4.78, 5) is 255. The zero-order valence-corrected chi connectivity index (χ0v) is 48.9. The van der Waals surface area contributed by atoms with Crippen LogP contribution in [0.4, 0.5) is 67.1 Å². The lowest BCUT2D eigenvalue weighted by molar-refractivity contribution is -0.240. The van der Waals surface area contributed by atoms with E-state index in [-0.39, 0.29) is 6.61 Å². The topological polar surface area (TPSA) is 339 Å². The zero-order chi connectivity index (χ0) is 63.3. The van der Waals surface area contributed by atoms with E-state index in [9.17, 15) is 0 Å². The van der Waals surface area contributed by atoms with Crippen LogP contribution in [0.1, 0.15) is 11.1 Å². The normalized spacial score (nSPS) is 38.0. The lowest BCUT2D eigenvalue weighted by Crippen LogP contribution is -2.69. The maximum Gasteiger partial charge on any atom is 0.328 e. The van der Waals surface area contributed by atoms with Crippen LogP contribution in [0.25, 0.3) is 6.08 Å². The lowest BCUT2D eigenvalue weighted by Gasteiger charge is -2.47. The van der Waals surface area contributed by atoms with Crippen molar-refractivity contribution < 1.29 is 71.9 Å². The molecular weight excluding hydrogens is 1240 g/mol. The van der Waals surface area contributed by atoms with Crippen molar-refractivity contribution in [2.75, 3.05) is 93.4 Å². The monoisotopic (exact) mass is 1290 g/mol. The average molecular weight is 1300 g/mol. The Kier molecular flexibility index (Phi) is 8.18. The zero-order valence-electron chi connectivity index (χ0n) is 48.9. The van der Waals surface area contributed by atoms with E-state index < -0.39 is 264 Å². The number of rotatable bonds is 4. The first-order valence-electron chi connectivity index (χ1n) is 30.8. The predicted octanol–water partition coefficient (Wildman–Crippen LogP) is -4.42. The second kappa shape index (κ2) is 15.3. The number of hydrogen-bond acceptors (Lipinski definition) is 15. The second-order valence-corrected chi connectivity index (χ2v) is 27.2. The van der Waals surface area contributed by atoms with E-state index in [1.165, 1.54) is 137 Å². The highest BCUT2D eigenvalue weighted by Crippen LogP contribution is 2.55. The summed E-state index contributed by atoms with van der Waals surface area (Å²) in [7, 11) is 0. The first kappa shape index (κ1) is 50.4. The third-order valence-corrected chi connectivity index (χ3v) is 23.7. The molecule has 1 aromatic carbocycles. The van der Waals surface area contributed by atoms with Crippen LogP contribution in [0, 0.1) is 0 Å². The van der Waals surface area contributed by atoms with Gasteiger partial charge in [-0.3, -0.25) is 137 Å². The molecule has 21 aliphatic rings. The summed E-state index contributed by atoms with van der Waals surface area (Å²) in [5, 5.41) is 0. The number of amides is 28. The highest BCUT2D eigenvalue weighted by Gasteiger charge is 2.80. The van der Waals surface area contributed by atoms with Crippen molar-refractivity contribution in [1.29, 1.82) is 0 Å². The molecule has 21 heterocycles. The Hall–Kier alpha value is -11.3. The minimum Gasteiger partial charge on any atom is -0.330 e. The van der Waals surface area contributed by atoms with Crippen molar-refractivity contribution in [2.24, 2.45) is 0 Å². The van der Waals surface area contributed by atoms with Gasteiger partial charge in [0, 0.05) is 0 Å². The van der Waals surface area contributed by atoms with Gasteiger partial charge in [0.1, 0.15) is 93.4 Å². The van der Waals surface area contributed by atoms with Crippen LogP contribution in [-0.4, -0.2) is 401 Å². The van der Waals surface area contributed by atoms with Gasteiger partial charge in [0.05, 0.1) is 6.61 Å². The SMILES string of the molecule is C=Cc1ccc(COC23C4N5CN6C(=O)N7CN8C(=O)N9CN%10C(=O)N%11CN%12C(=O)N%13CN%14C(=O)N%15CN%16C(=O)N(CN2C5=O)C2C%16N5CN%16C(=O)N(CN%17C(=O)N(CN%18C(=O)N(CN%19C(=O)N(CN%20C(=O)N(CN4C(=O)N3CN2C5=O)C6C7%20)C8C9%19)C%10C%11%18)C%12C%13%17)C%14C%15%16)cc1. The smallest absolute Gasteiger partial charge is 0.328 e. The summed E-state index contributed by atoms with van der Waals surface area (Å²) in [6.45, 7) is -4.49. The molecule has 28 amide bonds. The van der Waals surface area contributed by atoms with E-state index in [2.05, 4.69) is 6.58 Å². The third-order valence-electron chi connectivity index (χ3n) is 23.7. The fourth-order valence-electron chi connectivity index (χ4n) is 19.9. The number of hydrogen-bond donors (Lipinski definition) is 0. The van der Waals surface area contributed by atoms with Crippen LogP contribution < -0.4 is 0 Å². The molecule has 21 aliphatic heterocycles. The van der Waals surface area contributed by atoms with E-state index in [0.29, 0.717) is 5.56 Å². The van der Waals surface area contributed by atoms with E-state index in [0.717, 1.165) is 5.56 Å². The van der Waals surface area contributed by atoms with Gasteiger partial charge in [-0.2, -0.15) is 0 Å². The van der Waals surface area contributed by atoms with Crippen LogP contribution in [0.2, 0.25) is 0 Å². The van der Waals surface area contributed by atoms with Gasteiger partial charge >= 0.3 is 84.4 Å². The van der Waals surface area contributed by atoms with Gasteiger partial charge < -0.3 is 4.74 Å². The summed E-state index contributed by atoms with van der Waals surface area (Å²) in [6, 6.07) is -3.58. The lowest BCUT2D eigenvalue weighted by atomic mass is 10.1. The summed E-state index contributed by atoms with van der Waals surface area (Å²) in [6.07, 6.45) is -15.3. The van der Waals surface area contributed by atoms with Crippen LogP contribution in [-0.2, 0) is 11.3 Å². The Morgan fingerprint density at radius 1 is 0.277 bits per heavy atom. The van der Waals surface area contributed by atoms with Gasteiger partial charge in [0.2, 0.25) is 0 Å². The first-order chi connectivity index (χ1) is 45.4. The fourth-order valence-corrected chi connectivity index (χ4v) is 19.9. The van der Waals surface area contributed by atoms with E-state index >= 15 is 67.1 Å². The molecule has 21 saturated heterocycles. The molecule has 43 heteroatoms. The number of nitrogens with zero attached hydrogens (tertiary/aromatic N) is 28. The fraction of sp³-hybridized carbons (Fsp3) is 0.569. The summed E-state index contributed by atoms with van der Waals surface area (Å²) in [5.41, 5.74) is 1.32. The molecule has 21 fully saturated rings. The molecule has 0 bridgehead atoms. The molecule has 0 unspecified atom stereocenters. The summed E-state index contributed by atoms with van der Waals surface area (Å²) < 4.78 is 7.10. The van der Waals surface area contributed by atoms with Crippen molar-refractivity contribution in [2.45, 2.75) is 92.6 Å². The van der Waals surface area contributed by atoms with E-state index in [1.54, 1.807) is 30.3 Å². The van der Waals surface area contributed by atoms with Crippen molar-refractivity contribution in [3.8, 4) is 0 Å². The van der Waals surface area contributed by atoms with E-state index in [1.807, 2.05) is 0 Å². The molecule has 0 aliphatic carbocycles. The Bertz CT molecular complexity index is 3880. The van der Waals surface area contributed by atoms with Gasteiger partial charge in [-0.1, -0.05) is 36.9 Å². The Balaban J connectivity index is 0.721. The summed E-state index contributed by atoms with van der Waals surface area (Å²) in [5.74, 6) is -2.30. The minimum absolute atomic E-state index is 0.306. The second-order valence-electron chi connectivity index (χ2n) is 27.2. The first-order valence-corrected chi connectivity index (χ1v) is 30.8. The average Bonchev–Trinajstić information content (AvgIpc) is 1.51. The van der Waals surface area contributed by atoms with Crippen LogP contribution in [0.3, 0.4) is 0 Å². The van der Waals surface area contributed by atoms with Crippen molar-refractivity contribution in [1.82, 2.24) is 137 Å². The number of benzene rings is 1. The molecule has 0 saturated carbocycles. The third kappa shape index (κ3) is 4.98. The van der Waals surface area contributed by atoms with E-state index in [4.69, 9.17) is 4.74 Å². The highest BCUT2D eigenvalue weighted by molar-refractivity contribution is 5.96. The molecule has 0 aromatic heterocycles. The van der Waals surface area contributed by atoms with Gasteiger partial charge in [-0.05, 0) is 11.1 Å². The largest absolute Gasteiger partial charge is 0.330 e. The van der Waals surface area contributed by atoms with Crippen LogP contribution in [0.15, 0.2) is 30.8 Å². The minimum atomic E-state index is -2.30. The Morgan fingerprint density at radius 2 is 0.457 bits per heavy atom. The number of ether oxygens (including phenoxy) is 1. The predicted molar refractivity (Wildman–Crippen MR) is 288 cm³/mol. The molecular formula is C51H50N28O15. The van der Waals surface area contributed by atoms with Gasteiger partial charge in [-0.15, -0.1) is 0 Å². The van der Waals surface area contributed by atoms with Gasteiger partial charge in [0.25, 0.3) is 5.85 Å². The van der Waals surface area contributed by atoms with Gasteiger partial charge in [-0.25, -0.2) is 67.1 Å². The highest BCUT2D eigenvalue weighted by atomic mass is 16.6. The molecule has 0 N–H and O–H groups in total. The molecule has 0 radical (unpaired) electrons. The maximum absolute atomic E-state index is 16.1. The Morgan fingerprint density at radius 3 is 0.649 bits per heavy atom. The number of urea groups is 14. The van der Waals surface area contributed by atoms with Gasteiger partial charge in [0.15, 0.2) is 80.2 Å². The molecule has 94 heavy (non-hydrogen) atoms. The molecule has 1 aromatic rings. The van der Waals surface area contributed by atoms with Crippen molar-refractivity contribution >= 4 is 90.5 Å². The van der Waals surface area contributed by atoms with Crippen LogP contribution >= 0.6 is 0 Å². The molecule has 484 valence electrons. The maximum atomic E-state index is 16.1. The number of carbonyl (C=O) groups is 14. The Labute approximate surface area is 526 Å². The molecule has 22 rings (SSSR count). The molecule has 0 atom stereocenters. The van der Waals surface area contributed by atoms with Crippen molar-refractivity contribution in [3.63, 3.8) is 0 Å². The quantitative estimate of drug-likeness (QED) is 0.275.